The molecule has 1 amide bonds. The molecule has 1 aliphatic rings. The highest BCUT2D eigenvalue weighted by Crippen LogP contribution is 2.44. The van der Waals surface area contributed by atoms with Gasteiger partial charge in [-0.3, -0.25) is 14.8 Å². The molecule has 0 saturated carbocycles. The summed E-state index contributed by atoms with van der Waals surface area (Å²) < 4.78 is 13.5. The second-order valence-electron chi connectivity index (χ2n) is 7.93. The molecule has 0 bridgehead atoms. The molecule has 1 aromatic heterocycles. The molecule has 1 aliphatic heterocycles. The maximum atomic E-state index is 13.5. The third-order valence-corrected chi connectivity index (χ3v) is 5.00. The van der Waals surface area contributed by atoms with Crippen LogP contribution in [0.1, 0.15) is 59.7 Å². The molecule has 140 valence electrons. The first kappa shape index (κ1) is 18.0. The van der Waals surface area contributed by atoms with E-state index >= 15 is 0 Å². The Kier molecular flexibility index (Phi) is 4.08. The Hall–Kier alpha value is -3.39. The van der Waals surface area contributed by atoms with Crippen LogP contribution in [0.2, 0.25) is 0 Å². The molecule has 0 spiro atoms. The fourth-order valence-corrected chi connectivity index (χ4v) is 3.66. The van der Waals surface area contributed by atoms with Crippen molar-refractivity contribution in [2.75, 3.05) is 4.90 Å². The van der Waals surface area contributed by atoms with Gasteiger partial charge in [0, 0.05) is 27.9 Å². The predicted octanol–water partition coefficient (Wildman–Crippen LogP) is 4.58. The van der Waals surface area contributed by atoms with Gasteiger partial charge in [0.05, 0.1) is 6.04 Å². The molecule has 1 N–H and O–H groups in total. The summed E-state index contributed by atoms with van der Waals surface area (Å²) in [6, 6.07) is 13.1. The predicted molar refractivity (Wildman–Crippen MR) is 107 cm³/mol. The lowest BCUT2D eigenvalue weighted by atomic mass is 9.85. The smallest absolute Gasteiger partial charge is 0.280 e. The highest BCUT2D eigenvalue weighted by atomic mass is 19.1. The first-order valence-corrected chi connectivity index (χ1v) is 9.05. The lowest BCUT2D eigenvalue weighted by Crippen LogP contribution is -2.30. The number of aromatic amines is 1. The topological polar surface area (TPSA) is 49.0 Å². The molecular weight excluding hydrogens is 353 g/mol. The number of carbonyl (C=O) groups excluding carboxylic acids is 1. The van der Waals surface area contributed by atoms with Crippen molar-refractivity contribution >= 4 is 11.6 Å². The van der Waals surface area contributed by atoms with Gasteiger partial charge >= 0.3 is 0 Å². The number of aromatic nitrogens is 2. The molecule has 0 fully saturated rings. The number of amides is 1. The number of H-pyrrole nitrogens is 1. The molecule has 5 heteroatoms. The van der Waals surface area contributed by atoms with Gasteiger partial charge in [-0.15, -0.1) is 6.42 Å². The van der Waals surface area contributed by atoms with Gasteiger partial charge in [-0.2, -0.15) is 5.10 Å². The van der Waals surface area contributed by atoms with Crippen LogP contribution in [0.15, 0.2) is 48.5 Å². The number of hydrogen-bond acceptors (Lipinski definition) is 2. The van der Waals surface area contributed by atoms with Crippen LogP contribution in [-0.4, -0.2) is 16.1 Å². The molecule has 2 heterocycles. The molecule has 0 unspecified atom stereocenters. The van der Waals surface area contributed by atoms with E-state index in [1.807, 2.05) is 12.1 Å². The van der Waals surface area contributed by atoms with Gasteiger partial charge in [0.15, 0.2) is 5.69 Å². The van der Waals surface area contributed by atoms with E-state index in [9.17, 15) is 9.18 Å². The molecule has 1 atom stereocenters. The number of nitrogens with zero attached hydrogens (tertiary/aromatic N) is 2. The van der Waals surface area contributed by atoms with E-state index in [0.717, 1.165) is 28.1 Å². The van der Waals surface area contributed by atoms with E-state index in [-0.39, 0.29) is 17.1 Å². The first-order chi connectivity index (χ1) is 13.3. The van der Waals surface area contributed by atoms with Crippen molar-refractivity contribution in [2.45, 2.75) is 32.2 Å². The molecule has 0 aliphatic carbocycles. The lowest BCUT2D eigenvalue weighted by molar-refractivity contribution is 0.0988. The van der Waals surface area contributed by atoms with Gasteiger partial charge in [-0.1, -0.05) is 38.8 Å². The van der Waals surface area contributed by atoms with E-state index in [4.69, 9.17) is 6.42 Å². The van der Waals surface area contributed by atoms with Gasteiger partial charge in [-0.05, 0) is 42.0 Å². The molecular formula is C23H20FN3O. The van der Waals surface area contributed by atoms with Crippen LogP contribution in [0.25, 0.3) is 0 Å². The number of terminal acetylenes is 1. The highest BCUT2D eigenvalue weighted by molar-refractivity contribution is 6.10. The van der Waals surface area contributed by atoms with Crippen LogP contribution >= 0.6 is 0 Å². The average molecular weight is 373 g/mol. The van der Waals surface area contributed by atoms with Gasteiger partial charge in [0.25, 0.3) is 5.91 Å². The average Bonchev–Trinajstić information content (AvgIpc) is 3.22. The van der Waals surface area contributed by atoms with Gasteiger partial charge in [0.2, 0.25) is 0 Å². The van der Waals surface area contributed by atoms with Gasteiger partial charge in [-0.25, -0.2) is 4.39 Å². The number of rotatable bonds is 2. The zero-order valence-corrected chi connectivity index (χ0v) is 16.0. The van der Waals surface area contributed by atoms with Crippen molar-refractivity contribution in [1.29, 1.82) is 0 Å². The Balaban J connectivity index is 1.92. The van der Waals surface area contributed by atoms with E-state index < -0.39 is 6.04 Å². The van der Waals surface area contributed by atoms with Crippen LogP contribution in [-0.2, 0) is 5.41 Å². The van der Waals surface area contributed by atoms with E-state index in [0.29, 0.717) is 5.69 Å². The molecule has 28 heavy (non-hydrogen) atoms. The molecule has 4 nitrogen and oxygen atoms in total. The number of carbonyl (C=O) groups is 1. The summed E-state index contributed by atoms with van der Waals surface area (Å²) in [6.07, 6.45) is 5.45. The maximum Gasteiger partial charge on any atom is 0.280 e. The zero-order chi connectivity index (χ0) is 20.1. The van der Waals surface area contributed by atoms with Crippen molar-refractivity contribution in [1.82, 2.24) is 10.2 Å². The zero-order valence-electron chi connectivity index (χ0n) is 16.0. The SMILES string of the molecule is C#Cc1ccc(N2C(=O)c3n[nH]c(C(C)(C)C)c3[C@@H]2c2ccc(F)cc2)cc1. The number of anilines is 1. The molecule has 3 aromatic rings. The minimum absolute atomic E-state index is 0.190. The maximum absolute atomic E-state index is 13.5. The third-order valence-electron chi connectivity index (χ3n) is 5.00. The Morgan fingerprint density at radius 1 is 1.11 bits per heavy atom. The minimum Gasteiger partial charge on any atom is -0.295 e. The largest absolute Gasteiger partial charge is 0.295 e. The second-order valence-corrected chi connectivity index (χ2v) is 7.93. The van der Waals surface area contributed by atoms with Crippen molar-refractivity contribution in [2.24, 2.45) is 0 Å². The van der Waals surface area contributed by atoms with Crippen molar-refractivity contribution in [3.8, 4) is 12.3 Å². The fraction of sp³-hybridized carbons (Fsp3) is 0.217. The van der Waals surface area contributed by atoms with Crippen LogP contribution in [0.3, 0.4) is 0 Å². The quantitative estimate of drug-likeness (QED) is 0.669. The Labute approximate surface area is 163 Å². The second kappa shape index (κ2) is 6.35. The summed E-state index contributed by atoms with van der Waals surface area (Å²) in [6.45, 7) is 6.20. The monoisotopic (exact) mass is 373 g/mol. The Morgan fingerprint density at radius 3 is 2.32 bits per heavy atom. The van der Waals surface area contributed by atoms with E-state index in [1.54, 1.807) is 29.2 Å². The van der Waals surface area contributed by atoms with Crippen LogP contribution in [0.4, 0.5) is 10.1 Å². The molecule has 0 saturated heterocycles. The third kappa shape index (κ3) is 2.78. The van der Waals surface area contributed by atoms with Gasteiger partial charge < -0.3 is 0 Å². The number of nitrogens with one attached hydrogen (secondary N) is 1. The normalized spacial score (nSPS) is 16.2. The van der Waals surface area contributed by atoms with Crippen molar-refractivity contribution < 1.29 is 9.18 Å². The number of halogens is 1. The number of hydrogen-bond donors (Lipinski definition) is 1. The van der Waals surface area contributed by atoms with Crippen molar-refractivity contribution in [3.63, 3.8) is 0 Å². The summed E-state index contributed by atoms with van der Waals surface area (Å²) in [5.74, 6) is 2.08. The van der Waals surface area contributed by atoms with E-state index in [1.165, 1.54) is 12.1 Å². The van der Waals surface area contributed by atoms with Crippen LogP contribution in [0.5, 0.6) is 0 Å². The lowest BCUT2D eigenvalue weighted by Gasteiger charge is -2.28. The Morgan fingerprint density at radius 2 is 1.75 bits per heavy atom. The van der Waals surface area contributed by atoms with Gasteiger partial charge in [0.1, 0.15) is 5.82 Å². The summed E-state index contributed by atoms with van der Waals surface area (Å²) in [5.41, 5.74) is 4.18. The van der Waals surface area contributed by atoms with Crippen LogP contribution in [0, 0.1) is 18.2 Å². The summed E-state index contributed by atoms with van der Waals surface area (Å²) in [5, 5.41) is 7.37. The molecule has 2 aromatic carbocycles. The number of fused-ring (bicyclic) bond motifs is 1. The Bertz CT molecular complexity index is 1080. The van der Waals surface area contributed by atoms with Crippen LogP contribution < -0.4 is 4.90 Å². The number of benzene rings is 2. The molecule has 0 radical (unpaired) electrons. The molecule has 4 rings (SSSR count). The highest BCUT2D eigenvalue weighted by Gasteiger charge is 2.44. The fourth-order valence-electron chi connectivity index (χ4n) is 3.66. The van der Waals surface area contributed by atoms with E-state index in [2.05, 4.69) is 36.9 Å². The first-order valence-electron chi connectivity index (χ1n) is 9.05. The summed E-state index contributed by atoms with van der Waals surface area (Å²) in [4.78, 5) is 15.0. The standard InChI is InChI=1S/C23H20FN3O/c1-5-14-6-12-17(13-7-14)27-20(15-8-10-16(24)11-9-15)18-19(22(27)28)25-26-21(18)23(2,3)4/h1,6-13,20H,2-4H3,(H,25,26)/t20-/m0/s1. The summed E-state index contributed by atoms with van der Waals surface area (Å²) >= 11 is 0. The summed E-state index contributed by atoms with van der Waals surface area (Å²) in [7, 11) is 0. The van der Waals surface area contributed by atoms with Crippen molar-refractivity contribution in [3.05, 3.63) is 82.4 Å². The minimum atomic E-state index is -0.396.